The molecule has 0 radical (unpaired) electrons. The van der Waals surface area contributed by atoms with Crippen molar-refractivity contribution >= 4 is 17.4 Å². The molecular weight excluding hydrogens is 148 g/mol. The van der Waals surface area contributed by atoms with Crippen molar-refractivity contribution in [3.05, 3.63) is 0 Å². The Balaban J connectivity index is 3.50. The summed E-state index contributed by atoms with van der Waals surface area (Å²) in [6, 6.07) is 0. The molecule has 0 N–H and O–H groups in total. The van der Waals surface area contributed by atoms with Crippen molar-refractivity contribution < 1.29 is 4.79 Å². The van der Waals surface area contributed by atoms with Crippen molar-refractivity contribution in [3.63, 3.8) is 0 Å². The Bertz CT molecular complexity index is 101. The Morgan fingerprint density at radius 3 is 2.50 bits per heavy atom. The molecule has 1 nitrogen and oxygen atoms in total. The molecule has 0 aromatic heterocycles. The quantitative estimate of drug-likeness (QED) is 0.568. The average Bonchev–Trinajstić information content (AvgIpc) is 1.89. The molecule has 0 fully saturated rings. The van der Waals surface area contributed by atoms with Crippen LogP contribution in [0.2, 0.25) is 0 Å². The van der Waals surface area contributed by atoms with Gasteiger partial charge in [0, 0.05) is 11.8 Å². The lowest BCUT2D eigenvalue weighted by molar-refractivity contribution is -0.121. The number of carbonyl (C=O) groups excluding carboxylic acids is 1. The highest BCUT2D eigenvalue weighted by molar-refractivity contribution is 6.17. The van der Waals surface area contributed by atoms with E-state index in [0.717, 1.165) is 19.3 Å². The first-order valence-corrected chi connectivity index (χ1v) is 4.32. The fraction of sp³-hybridized carbons (Fsp3) is 0.875. The van der Waals surface area contributed by atoms with Gasteiger partial charge in [0.05, 0.1) is 0 Å². The third-order valence-corrected chi connectivity index (χ3v) is 2.02. The fourth-order valence-corrected chi connectivity index (χ4v) is 1.17. The van der Waals surface area contributed by atoms with Crippen molar-refractivity contribution in [2.45, 2.75) is 33.1 Å². The van der Waals surface area contributed by atoms with Crippen molar-refractivity contribution in [1.29, 1.82) is 0 Å². The second-order valence-corrected chi connectivity index (χ2v) is 2.92. The Hall–Kier alpha value is -0.0400. The lowest BCUT2D eigenvalue weighted by Crippen LogP contribution is -2.09. The summed E-state index contributed by atoms with van der Waals surface area (Å²) in [6.07, 6.45) is 2.86. The van der Waals surface area contributed by atoms with Crippen LogP contribution >= 0.6 is 11.6 Å². The van der Waals surface area contributed by atoms with E-state index in [-0.39, 0.29) is 5.92 Å². The van der Waals surface area contributed by atoms with Crippen LogP contribution in [0.5, 0.6) is 0 Å². The van der Waals surface area contributed by atoms with Crippen LogP contribution in [0, 0.1) is 5.92 Å². The van der Waals surface area contributed by atoms with Crippen LogP contribution in [-0.4, -0.2) is 11.7 Å². The van der Waals surface area contributed by atoms with Gasteiger partial charge in [-0.05, 0) is 26.2 Å². The standard InChI is InChI=1S/C8H15ClO/c1-3-8(7(2)10)5-4-6-9/h8H,3-6H2,1-2H3. The molecule has 0 spiro atoms. The zero-order chi connectivity index (χ0) is 7.98. The van der Waals surface area contributed by atoms with Gasteiger partial charge in [-0.1, -0.05) is 6.92 Å². The highest BCUT2D eigenvalue weighted by atomic mass is 35.5. The minimum Gasteiger partial charge on any atom is -0.300 e. The summed E-state index contributed by atoms with van der Waals surface area (Å²) >= 11 is 5.50. The molecule has 0 aliphatic carbocycles. The van der Waals surface area contributed by atoms with Gasteiger partial charge >= 0.3 is 0 Å². The Kier molecular flexibility index (Phi) is 5.70. The van der Waals surface area contributed by atoms with E-state index in [0.29, 0.717) is 11.7 Å². The predicted molar refractivity (Wildman–Crippen MR) is 44.4 cm³/mol. The van der Waals surface area contributed by atoms with E-state index in [9.17, 15) is 4.79 Å². The summed E-state index contributed by atoms with van der Waals surface area (Å²) in [5.41, 5.74) is 0. The molecule has 0 saturated heterocycles. The topological polar surface area (TPSA) is 17.1 Å². The van der Waals surface area contributed by atoms with Crippen LogP contribution in [0.15, 0.2) is 0 Å². The molecule has 1 atom stereocenters. The van der Waals surface area contributed by atoms with Gasteiger partial charge in [0.15, 0.2) is 0 Å². The predicted octanol–water partition coefficient (Wildman–Crippen LogP) is 2.62. The third kappa shape index (κ3) is 3.89. The van der Waals surface area contributed by atoms with Crippen LogP contribution in [0.25, 0.3) is 0 Å². The number of hydrogen-bond donors (Lipinski definition) is 0. The molecule has 0 aliphatic rings. The van der Waals surface area contributed by atoms with Gasteiger partial charge in [0.25, 0.3) is 0 Å². The maximum absolute atomic E-state index is 10.8. The Morgan fingerprint density at radius 1 is 1.60 bits per heavy atom. The van der Waals surface area contributed by atoms with Crippen molar-refractivity contribution in [3.8, 4) is 0 Å². The second-order valence-electron chi connectivity index (χ2n) is 2.55. The van der Waals surface area contributed by atoms with Gasteiger partial charge in [-0.2, -0.15) is 0 Å². The summed E-state index contributed by atoms with van der Waals surface area (Å²) < 4.78 is 0. The monoisotopic (exact) mass is 162 g/mol. The van der Waals surface area contributed by atoms with Crippen LogP contribution in [0.1, 0.15) is 33.1 Å². The number of rotatable bonds is 5. The van der Waals surface area contributed by atoms with Crippen LogP contribution in [0.3, 0.4) is 0 Å². The molecule has 0 bridgehead atoms. The Morgan fingerprint density at radius 2 is 2.20 bits per heavy atom. The molecule has 0 aromatic rings. The highest BCUT2D eigenvalue weighted by Gasteiger charge is 2.09. The van der Waals surface area contributed by atoms with Crippen molar-refractivity contribution in [2.75, 3.05) is 5.88 Å². The summed E-state index contributed by atoms with van der Waals surface area (Å²) in [7, 11) is 0. The first kappa shape index (κ1) is 9.96. The molecule has 0 aromatic carbocycles. The van der Waals surface area contributed by atoms with E-state index in [1.807, 2.05) is 6.92 Å². The molecule has 0 aliphatic heterocycles. The van der Waals surface area contributed by atoms with Gasteiger partial charge in [0.2, 0.25) is 0 Å². The van der Waals surface area contributed by atoms with Gasteiger partial charge < -0.3 is 0 Å². The van der Waals surface area contributed by atoms with Crippen LogP contribution < -0.4 is 0 Å². The molecule has 0 heterocycles. The smallest absolute Gasteiger partial charge is 0.132 e. The first-order chi connectivity index (χ1) is 4.72. The van der Waals surface area contributed by atoms with Gasteiger partial charge in [0.1, 0.15) is 5.78 Å². The number of halogens is 1. The van der Waals surface area contributed by atoms with E-state index in [1.54, 1.807) is 6.92 Å². The molecule has 1 unspecified atom stereocenters. The number of hydrogen-bond acceptors (Lipinski definition) is 1. The van der Waals surface area contributed by atoms with Crippen LogP contribution in [0.4, 0.5) is 0 Å². The number of alkyl halides is 1. The minimum atomic E-state index is 0.249. The third-order valence-electron chi connectivity index (χ3n) is 1.75. The molecule has 0 saturated carbocycles. The summed E-state index contributed by atoms with van der Waals surface area (Å²) in [6.45, 7) is 3.70. The normalized spacial score (nSPS) is 13.1. The van der Waals surface area contributed by atoms with Gasteiger partial charge in [-0.15, -0.1) is 11.6 Å². The van der Waals surface area contributed by atoms with E-state index in [4.69, 9.17) is 11.6 Å². The van der Waals surface area contributed by atoms with Crippen molar-refractivity contribution in [2.24, 2.45) is 5.92 Å². The summed E-state index contributed by atoms with van der Waals surface area (Å²) in [5.74, 6) is 1.22. The molecule has 10 heavy (non-hydrogen) atoms. The first-order valence-electron chi connectivity index (χ1n) is 3.78. The molecule has 0 amide bonds. The molecular formula is C8H15ClO. The molecule has 0 rings (SSSR count). The average molecular weight is 163 g/mol. The lowest BCUT2D eigenvalue weighted by Gasteiger charge is -2.08. The molecule has 60 valence electrons. The maximum atomic E-state index is 10.8. The van der Waals surface area contributed by atoms with Crippen molar-refractivity contribution in [1.82, 2.24) is 0 Å². The SMILES string of the molecule is CCC(CCCCl)C(C)=O. The highest BCUT2D eigenvalue weighted by Crippen LogP contribution is 2.11. The van der Waals surface area contributed by atoms with Crippen LogP contribution in [-0.2, 0) is 4.79 Å². The van der Waals surface area contributed by atoms with E-state index in [1.165, 1.54) is 0 Å². The van der Waals surface area contributed by atoms with E-state index < -0.39 is 0 Å². The second kappa shape index (κ2) is 5.72. The van der Waals surface area contributed by atoms with Gasteiger partial charge in [-0.3, -0.25) is 4.79 Å². The van der Waals surface area contributed by atoms with Gasteiger partial charge in [-0.25, -0.2) is 0 Å². The fourth-order valence-electron chi connectivity index (χ4n) is 1.02. The number of Topliss-reactive ketones (excluding diaryl/α,β-unsaturated/α-hetero) is 1. The summed E-state index contributed by atoms with van der Waals surface area (Å²) in [5, 5.41) is 0. The Labute approximate surface area is 67.8 Å². The largest absolute Gasteiger partial charge is 0.300 e. The maximum Gasteiger partial charge on any atom is 0.132 e. The molecule has 2 heteroatoms. The lowest BCUT2D eigenvalue weighted by atomic mass is 9.97. The zero-order valence-corrected chi connectivity index (χ0v) is 7.45. The van der Waals surface area contributed by atoms with E-state index in [2.05, 4.69) is 0 Å². The zero-order valence-electron chi connectivity index (χ0n) is 6.69. The number of carbonyl (C=O) groups is 1. The number of ketones is 1. The minimum absolute atomic E-state index is 0.249. The van der Waals surface area contributed by atoms with E-state index >= 15 is 0 Å². The summed E-state index contributed by atoms with van der Waals surface area (Å²) in [4.78, 5) is 10.8.